The zero-order valence-electron chi connectivity index (χ0n) is 14.2. The lowest BCUT2D eigenvalue weighted by Gasteiger charge is -2.06. The van der Waals surface area contributed by atoms with E-state index in [1.54, 1.807) is 55.5 Å². The van der Waals surface area contributed by atoms with E-state index in [2.05, 4.69) is 5.32 Å². The lowest BCUT2D eigenvalue weighted by atomic mass is 10.1. The van der Waals surface area contributed by atoms with E-state index in [0.29, 0.717) is 17.9 Å². The second-order valence-electron chi connectivity index (χ2n) is 5.32. The molecule has 0 saturated heterocycles. The fourth-order valence-corrected chi connectivity index (χ4v) is 2.25. The van der Waals surface area contributed by atoms with Gasteiger partial charge in [0.15, 0.2) is 0 Å². The van der Waals surface area contributed by atoms with Gasteiger partial charge in [0.25, 0.3) is 5.69 Å². The molecule has 26 heavy (non-hydrogen) atoms. The van der Waals surface area contributed by atoms with E-state index in [4.69, 9.17) is 4.74 Å². The average Bonchev–Trinajstić information content (AvgIpc) is 2.61. The number of nitrogens with one attached hydrogen (secondary N) is 1. The van der Waals surface area contributed by atoms with E-state index >= 15 is 0 Å². The maximum atomic E-state index is 12.1. The van der Waals surface area contributed by atoms with Crippen molar-refractivity contribution in [2.24, 2.45) is 0 Å². The minimum absolute atomic E-state index is 0.0814. The Hall–Kier alpha value is -3.48. The number of nitro benzene ring substituents is 1. The predicted molar refractivity (Wildman–Crippen MR) is 97.5 cm³/mol. The van der Waals surface area contributed by atoms with E-state index in [-0.39, 0.29) is 18.0 Å². The molecule has 0 aliphatic heterocycles. The van der Waals surface area contributed by atoms with Crippen molar-refractivity contribution in [1.29, 1.82) is 0 Å². The van der Waals surface area contributed by atoms with Gasteiger partial charge in [-0.3, -0.25) is 14.9 Å². The third-order valence-corrected chi connectivity index (χ3v) is 3.43. The first-order chi connectivity index (χ1) is 12.5. The van der Waals surface area contributed by atoms with Crippen molar-refractivity contribution in [2.75, 3.05) is 11.9 Å². The predicted octanol–water partition coefficient (Wildman–Crippen LogP) is 3.35. The molecule has 2 aromatic carbocycles. The number of nitrogens with zero attached hydrogens (tertiary/aromatic N) is 1. The SMILES string of the molecule is CCOC(=O)/C=C/c1ccc(NC(=O)Cc2ccccc2[N+](=O)[O-])cc1. The Morgan fingerprint density at radius 3 is 2.50 bits per heavy atom. The van der Waals surface area contributed by atoms with Crippen LogP contribution >= 0.6 is 0 Å². The minimum Gasteiger partial charge on any atom is -0.463 e. The molecule has 1 N–H and O–H groups in total. The van der Waals surface area contributed by atoms with Gasteiger partial charge in [-0.25, -0.2) is 4.79 Å². The first-order valence-electron chi connectivity index (χ1n) is 7.96. The number of anilines is 1. The molecule has 1 amide bonds. The number of benzene rings is 2. The Bertz CT molecular complexity index is 828. The third kappa shape index (κ3) is 5.55. The van der Waals surface area contributed by atoms with Crippen LogP contribution in [0, 0.1) is 10.1 Å². The van der Waals surface area contributed by atoms with Crippen LogP contribution < -0.4 is 5.32 Å². The quantitative estimate of drug-likeness (QED) is 0.356. The summed E-state index contributed by atoms with van der Waals surface area (Å²) in [6, 6.07) is 13.0. The van der Waals surface area contributed by atoms with Gasteiger partial charge in [-0.05, 0) is 30.7 Å². The monoisotopic (exact) mass is 354 g/mol. The van der Waals surface area contributed by atoms with Crippen molar-refractivity contribution in [3.63, 3.8) is 0 Å². The Morgan fingerprint density at radius 2 is 1.85 bits per heavy atom. The van der Waals surface area contributed by atoms with E-state index in [0.717, 1.165) is 5.56 Å². The molecule has 0 unspecified atom stereocenters. The number of esters is 1. The van der Waals surface area contributed by atoms with Gasteiger partial charge in [-0.1, -0.05) is 30.3 Å². The Balaban J connectivity index is 1.98. The van der Waals surface area contributed by atoms with Crippen LogP contribution in [0.4, 0.5) is 11.4 Å². The normalized spacial score (nSPS) is 10.5. The van der Waals surface area contributed by atoms with Crippen LogP contribution in [0.2, 0.25) is 0 Å². The van der Waals surface area contributed by atoms with Crippen LogP contribution in [0.25, 0.3) is 6.08 Å². The summed E-state index contributed by atoms with van der Waals surface area (Å²) < 4.78 is 4.79. The molecule has 0 aliphatic rings. The van der Waals surface area contributed by atoms with Crippen LogP contribution in [0.15, 0.2) is 54.6 Å². The molecule has 134 valence electrons. The molecule has 0 bridgehead atoms. The van der Waals surface area contributed by atoms with Gasteiger partial charge in [0.2, 0.25) is 5.91 Å². The van der Waals surface area contributed by atoms with Gasteiger partial charge < -0.3 is 10.1 Å². The zero-order chi connectivity index (χ0) is 18.9. The third-order valence-electron chi connectivity index (χ3n) is 3.43. The highest BCUT2D eigenvalue weighted by Gasteiger charge is 2.15. The van der Waals surface area contributed by atoms with Crippen molar-refractivity contribution in [3.05, 3.63) is 75.8 Å². The highest BCUT2D eigenvalue weighted by atomic mass is 16.6. The molecule has 0 spiro atoms. The molecule has 0 radical (unpaired) electrons. The van der Waals surface area contributed by atoms with Gasteiger partial charge in [-0.2, -0.15) is 0 Å². The van der Waals surface area contributed by atoms with Crippen LogP contribution in [0.5, 0.6) is 0 Å². The molecule has 0 fully saturated rings. The number of nitro groups is 1. The Labute approximate surface area is 150 Å². The zero-order valence-corrected chi connectivity index (χ0v) is 14.2. The lowest BCUT2D eigenvalue weighted by molar-refractivity contribution is -0.385. The summed E-state index contributed by atoms with van der Waals surface area (Å²) >= 11 is 0. The smallest absolute Gasteiger partial charge is 0.330 e. The second kappa shape index (κ2) is 9.12. The van der Waals surface area contributed by atoms with Crippen LogP contribution in [0.3, 0.4) is 0 Å². The fraction of sp³-hybridized carbons (Fsp3) is 0.158. The summed E-state index contributed by atoms with van der Waals surface area (Å²) in [6.45, 7) is 2.04. The molecule has 0 saturated carbocycles. The maximum absolute atomic E-state index is 12.1. The Morgan fingerprint density at radius 1 is 1.15 bits per heavy atom. The number of hydrogen-bond acceptors (Lipinski definition) is 5. The second-order valence-corrected chi connectivity index (χ2v) is 5.32. The molecule has 0 aliphatic carbocycles. The van der Waals surface area contributed by atoms with Crippen LogP contribution in [-0.4, -0.2) is 23.4 Å². The summed E-state index contributed by atoms with van der Waals surface area (Å²) in [6.07, 6.45) is 2.84. The summed E-state index contributed by atoms with van der Waals surface area (Å²) in [5, 5.41) is 13.7. The standard InChI is InChI=1S/C19H18N2O5/c1-2-26-19(23)12-9-14-7-10-16(11-8-14)20-18(22)13-15-5-3-4-6-17(15)21(24)25/h3-12H,2,13H2,1H3,(H,20,22)/b12-9+. The van der Waals surface area contributed by atoms with Gasteiger partial charge in [0.05, 0.1) is 18.0 Å². The molecule has 0 heterocycles. The summed E-state index contributed by atoms with van der Waals surface area (Å²) in [4.78, 5) is 33.9. The van der Waals surface area contributed by atoms with Crippen molar-refractivity contribution in [2.45, 2.75) is 13.3 Å². The lowest BCUT2D eigenvalue weighted by Crippen LogP contribution is -2.15. The van der Waals surface area contributed by atoms with E-state index < -0.39 is 10.9 Å². The van der Waals surface area contributed by atoms with Crippen molar-refractivity contribution < 1.29 is 19.2 Å². The number of ether oxygens (including phenoxy) is 1. The average molecular weight is 354 g/mol. The summed E-state index contributed by atoms with van der Waals surface area (Å²) in [5.74, 6) is -0.775. The number of carbonyl (C=O) groups is 2. The molecular weight excluding hydrogens is 336 g/mol. The largest absolute Gasteiger partial charge is 0.463 e. The van der Waals surface area contributed by atoms with Gasteiger partial charge >= 0.3 is 5.97 Å². The number of amides is 1. The first-order valence-corrected chi connectivity index (χ1v) is 7.96. The van der Waals surface area contributed by atoms with Crippen LogP contribution in [-0.2, 0) is 20.7 Å². The fourth-order valence-electron chi connectivity index (χ4n) is 2.25. The van der Waals surface area contributed by atoms with Crippen molar-refractivity contribution in [3.8, 4) is 0 Å². The van der Waals surface area contributed by atoms with E-state index in [1.165, 1.54) is 12.1 Å². The molecule has 2 aromatic rings. The molecule has 2 rings (SSSR count). The Kier molecular flexibility index (Phi) is 6.61. The first kappa shape index (κ1) is 18.9. The topological polar surface area (TPSA) is 98.5 Å². The van der Waals surface area contributed by atoms with E-state index in [9.17, 15) is 19.7 Å². The van der Waals surface area contributed by atoms with Crippen molar-refractivity contribution >= 4 is 29.3 Å². The van der Waals surface area contributed by atoms with Crippen LogP contribution in [0.1, 0.15) is 18.1 Å². The summed E-state index contributed by atoms with van der Waals surface area (Å²) in [7, 11) is 0. The number of hydrogen-bond donors (Lipinski definition) is 1. The maximum Gasteiger partial charge on any atom is 0.330 e. The summed E-state index contributed by atoms with van der Waals surface area (Å²) in [5.41, 5.74) is 1.60. The molecule has 0 aromatic heterocycles. The van der Waals surface area contributed by atoms with Crippen molar-refractivity contribution in [1.82, 2.24) is 0 Å². The molecule has 0 atom stereocenters. The van der Waals surface area contributed by atoms with E-state index in [1.807, 2.05) is 0 Å². The highest BCUT2D eigenvalue weighted by Crippen LogP contribution is 2.19. The van der Waals surface area contributed by atoms with Gasteiger partial charge in [0, 0.05) is 23.4 Å². The highest BCUT2D eigenvalue weighted by molar-refractivity contribution is 5.93. The number of para-hydroxylation sites is 1. The van der Waals surface area contributed by atoms with Gasteiger partial charge in [-0.15, -0.1) is 0 Å². The van der Waals surface area contributed by atoms with Gasteiger partial charge in [0.1, 0.15) is 0 Å². The minimum atomic E-state index is -0.507. The number of carbonyl (C=O) groups excluding carboxylic acids is 2. The number of rotatable bonds is 7. The molecule has 7 heteroatoms. The molecule has 7 nitrogen and oxygen atoms in total. The molecular formula is C19H18N2O5.